The molecular formula is C20H14ClF3N2O4. The van der Waals surface area contributed by atoms with Crippen LogP contribution in [0.25, 0.3) is 0 Å². The Morgan fingerprint density at radius 2 is 1.97 bits per heavy atom. The van der Waals surface area contributed by atoms with E-state index in [-0.39, 0.29) is 30.2 Å². The predicted molar refractivity (Wildman–Crippen MR) is 101 cm³/mol. The SMILES string of the molecule is Cc1ccc(C(=O)O)c(F)c1Cn1cnc(OCc2ccc(F)cc2F)c(Cl)c1=O. The number of hydrogen-bond acceptors (Lipinski definition) is 4. The molecule has 0 saturated heterocycles. The van der Waals surface area contributed by atoms with E-state index in [4.69, 9.17) is 21.4 Å². The van der Waals surface area contributed by atoms with Crippen LogP contribution in [0.2, 0.25) is 5.02 Å². The summed E-state index contributed by atoms with van der Waals surface area (Å²) >= 11 is 5.99. The van der Waals surface area contributed by atoms with Gasteiger partial charge in [0, 0.05) is 17.2 Å². The van der Waals surface area contributed by atoms with Gasteiger partial charge in [-0.2, -0.15) is 0 Å². The molecule has 0 aliphatic carbocycles. The van der Waals surface area contributed by atoms with Crippen LogP contribution in [0.4, 0.5) is 13.2 Å². The number of carboxylic acid groups (broad SMARTS) is 1. The maximum Gasteiger partial charge on any atom is 0.338 e. The van der Waals surface area contributed by atoms with Crippen molar-refractivity contribution in [3.05, 3.63) is 91.7 Å². The molecule has 0 atom stereocenters. The van der Waals surface area contributed by atoms with Gasteiger partial charge in [0.05, 0.1) is 12.1 Å². The number of aromatic nitrogens is 2. The largest absolute Gasteiger partial charge is 0.478 e. The Balaban J connectivity index is 1.86. The molecule has 0 saturated carbocycles. The van der Waals surface area contributed by atoms with Crippen molar-refractivity contribution in [1.29, 1.82) is 0 Å². The molecule has 3 aromatic rings. The minimum absolute atomic E-state index is 0.00285. The van der Waals surface area contributed by atoms with Gasteiger partial charge in [0.1, 0.15) is 30.4 Å². The van der Waals surface area contributed by atoms with E-state index in [1.54, 1.807) is 6.92 Å². The van der Waals surface area contributed by atoms with Crippen LogP contribution < -0.4 is 10.3 Å². The molecule has 0 unspecified atom stereocenters. The summed E-state index contributed by atoms with van der Waals surface area (Å²) in [6.07, 6.45) is 1.05. The average Bonchev–Trinajstić information content (AvgIpc) is 2.68. The van der Waals surface area contributed by atoms with Crippen LogP contribution in [0.5, 0.6) is 5.88 Å². The molecule has 30 heavy (non-hydrogen) atoms. The number of aryl methyl sites for hydroxylation is 1. The van der Waals surface area contributed by atoms with Crippen molar-refractivity contribution in [2.24, 2.45) is 0 Å². The minimum atomic E-state index is -1.44. The fourth-order valence-electron chi connectivity index (χ4n) is 2.69. The van der Waals surface area contributed by atoms with Gasteiger partial charge in [-0.25, -0.2) is 22.9 Å². The molecule has 1 heterocycles. The van der Waals surface area contributed by atoms with Gasteiger partial charge < -0.3 is 9.84 Å². The van der Waals surface area contributed by atoms with E-state index >= 15 is 0 Å². The first kappa shape index (κ1) is 21.4. The lowest BCUT2D eigenvalue weighted by Crippen LogP contribution is -2.23. The zero-order chi connectivity index (χ0) is 22.0. The fraction of sp³-hybridized carbons (Fsp3) is 0.150. The minimum Gasteiger partial charge on any atom is -0.478 e. The molecule has 10 heteroatoms. The fourth-order valence-corrected chi connectivity index (χ4v) is 2.91. The number of halogens is 4. The van der Waals surface area contributed by atoms with Gasteiger partial charge in [0.15, 0.2) is 5.02 Å². The van der Waals surface area contributed by atoms with Crippen molar-refractivity contribution in [2.45, 2.75) is 20.1 Å². The van der Waals surface area contributed by atoms with E-state index in [9.17, 15) is 22.8 Å². The number of benzene rings is 2. The summed E-state index contributed by atoms with van der Waals surface area (Å²) in [5.41, 5.74) is -0.823. The zero-order valence-electron chi connectivity index (χ0n) is 15.5. The molecule has 0 aliphatic rings. The van der Waals surface area contributed by atoms with E-state index in [1.165, 1.54) is 12.1 Å². The first-order chi connectivity index (χ1) is 14.2. The van der Waals surface area contributed by atoms with Crippen LogP contribution in [0.15, 0.2) is 41.5 Å². The topological polar surface area (TPSA) is 81.4 Å². The van der Waals surface area contributed by atoms with E-state index in [2.05, 4.69) is 4.98 Å². The highest BCUT2D eigenvalue weighted by Crippen LogP contribution is 2.21. The van der Waals surface area contributed by atoms with Gasteiger partial charge in [-0.1, -0.05) is 17.7 Å². The first-order valence-corrected chi connectivity index (χ1v) is 8.89. The summed E-state index contributed by atoms with van der Waals surface area (Å²) in [6.45, 7) is 0.909. The molecule has 6 nitrogen and oxygen atoms in total. The van der Waals surface area contributed by atoms with Crippen molar-refractivity contribution >= 4 is 17.6 Å². The normalized spacial score (nSPS) is 10.8. The zero-order valence-corrected chi connectivity index (χ0v) is 16.2. The Bertz CT molecular complexity index is 1200. The predicted octanol–water partition coefficient (Wildman–Crippen LogP) is 3.95. The molecule has 3 rings (SSSR count). The third-order valence-corrected chi connectivity index (χ3v) is 4.69. The first-order valence-electron chi connectivity index (χ1n) is 8.52. The smallest absolute Gasteiger partial charge is 0.338 e. The Labute approximate surface area is 173 Å². The van der Waals surface area contributed by atoms with E-state index in [0.717, 1.165) is 23.0 Å². The summed E-state index contributed by atoms with van der Waals surface area (Å²) < 4.78 is 47.4. The maximum absolute atomic E-state index is 14.5. The second kappa shape index (κ2) is 8.58. The molecule has 2 aromatic carbocycles. The summed E-state index contributed by atoms with van der Waals surface area (Å²) in [6, 6.07) is 5.48. The summed E-state index contributed by atoms with van der Waals surface area (Å²) in [7, 11) is 0. The molecule has 1 aromatic heterocycles. The van der Waals surface area contributed by atoms with Crippen LogP contribution in [0.1, 0.15) is 27.0 Å². The van der Waals surface area contributed by atoms with E-state index < -0.39 is 39.6 Å². The van der Waals surface area contributed by atoms with Gasteiger partial charge in [-0.3, -0.25) is 9.36 Å². The van der Waals surface area contributed by atoms with Crippen LogP contribution in [0.3, 0.4) is 0 Å². The van der Waals surface area contributed by atoms with Crippen molar-refractivity contribution < 1.29 is 27.8 Å². The van der Waals surface area contributed by atoms with E-state index in [1.807, 2.05) is 0 Å². The van der Waals surface area contributed by atoms with Gasteiger partial charge >= 0.3 is 5.97 Å². The lowest BCUT2D eigenvalue weighted by Gasteiger charge is -2.13. The van der Waals surface area contributed by atoms with Crippen LogP contribution in [-0.4, -0.2) is 20.6 Å². The van der Waals surface area contributed by atoms with Crippen LogP contribution in [-0.2, 0) is 13.2 Å². The molecule has 0 radical (unpaired) electrons. The van der Waals surface area contributed by atoms with Crippen molar-refractivity contribution in [3.63, 3.8) is 0 Å². The molecule has 0 amide bonds. The van der Waals surface area contributed by atoms with Gasteiger partial charge in [-0.15, -0.1) is 0 Å². The second-order valence-electron chi connectivity index (χ2n) is 6.35. The molecule has 0 fully saturated rings. The molecule has 0 bridgehead atoms. The van der Waals surface area contributed by atoms with Gasteiger partial charge in [-0.05, 0) is 30.7 Å². The Morgan fingerprint density at radius 3 is 2.63 bits per heavy atom. The number of ether oxygens (including phenoxy) is 1. The van der Waals surface area contributed by atoms with Crippen LogP contribution in [0, 0.1) is 24.4 Å². The molecule has 0 spiro atoms. The number of aromatic carboxylic acids is 1. The second-order valence-corrected chi connectivity index (χ2v) is 6.73. The van der Waals surface area contributed by atoms with Gasteiger partial charge in [0.25, 0.3) is 5.56 Å². The Hall–Kier alpha value is -3.33. The molecule has 1 N–H and O–H groups in total. The summed E-state index contributed by atoms with van der Waals surface area (Å²) in [5.74, 6) is -4.25. The third kappa shape index (κ3) is 4.30. The summed E-state index contributed by atoms with van der Waals surface area (Å²) in [5, 5.41) is 8.64. The average molecular weight is 439 g/mol. The number of carboxylic acids is 1. The Kier molecular flexibility index (Phi) is 6.12. The number of carbonyl (C=O) groups is 1. The number of hydrogen-bond donors (Lipinski definition) is 1. The highest BCUT2D eigenvalue weighted by atomic mass is 35.5. The van der Waals surface area contributed by atoms with Crippen molar-refractivity contribution in [1.82, 2.24) is 9.55 Å². The van der Waals surface area contributed by atoms with Crippen molar-refractivity contribution in [2.75, 3.05) is 0 Å². The highest BCUT2D eigenvalue weighted by molar-refractivity contribution is 6.31. The van der Waals surface area contributed by atoms with Crippen molar-refractivity contribution in [3.8, 4) is 5.88 Å². The monoisotopic (exact) mass is 438 g/mol. The molecular weight excluding hydrogens is 425 g/mol. The standard InChI is InChI=1S/C20H14ClF3N2O4/c1-10-2-5-13(20(28)29)17(24)14(10)7-26-9-25-18(16(21)19(26)27)30-8-11-3-4-12(22)6-15(11)23/h2-6,9H,7-8H2,1H3,(H,28,29). The number of rotatable bonds is 6. The lowest BCUT2D eigenvalue weighted by molar-refractivity contribution is 0.0691. The highest BCUT2D eigenvalue weighted by Gasteiger charge is 2.19. The van der Waals surface area contributed by atoms with E-state index in [0.29, 0.717) is 11.6 Å². The van der Waals surface area contributed by atoms with Gasteiger partial charge in [0.2, 0.25) is 5.88 Å². The number of nitrogens with zero attached hydrogens (tertiary/aromatic N) is 2. The quantitative estimate of drug-likeness (QED) is 0.630. The third-order valence-electron chi connectivity index (χ3n) is 4.37. The maximum atomic E-state index is 14.5. The molecule has 0 aliphatic heterocycles. The lowest BCUT2D eigenvalue weighted by atomic mass is 10.0. The summed E-state index contributed by atoms with van der Waals surface area (Å²) in [4.78, 5) is 27.5. The molecule has 156 valence electrons. The Morgan fingerprint density at radius 1 is 1.23 bits per heavy atom. The van der Waals surface area contributed by atoms with Crippen LogP contribution >= 0.6 is 11.6 Å².